The van der Waals surface area contributed by atoms with Crippen molar-refractivity contribution in [3.8, 4) is 0 Å². The molecule has 0 radical (unpaired) electrons. The second-order valence-electron chi connectivity index (χ2n) is 18.1. The zero-order valence-corrected chi connectivity index (χ0v) is 40.6. The lowest BCUT2D eigenvalue weighted by Crippen LogP contribution is -2.41. The van der Waals surface area contributed by atoms with Gasteiger partial charge in [-0.1, -0.05) is 72.8 Å². The molecule has 6 rings (SSSR count). The summed E-state index contributed by atoms with van der Waals surface area (Å²) in [5.41, 5.74) is 10.1. The molecular weight excluding hydrogens is 886 g/mol. The predicted molar refractivity (Wildman–Crippen MR) is 255 cm³/mol. The average Bonchev–Trinajstić information content (AvgIpc) is 3.55. The molecule has 2 saturated heterocycles. The van der Waals surface area contributed by atoms with Crippen LogP contribution in [0.15, 0.2) is 102 Å². The van der Waals surface area contributed by atoms with Gasteiger partial charge in [0.1, 0.15) is 5.78 Å². The summed E-state index contributed by atoms with van der Waals surface area (Å²) in [4.78, 5) is 49.1. The summed E-state index contributed by atoms with van der Waals surface area (Å²) in [5.74, 6) is -1.08. The van der Waals surface area contributed by atoms with Crippen LogP contribution in [0.4, 0.5) is 11.4 Å². The van der Waals surface area contributed by atoms with E-state index in [2.05, 4.69) is 4.99 Å². The maximum Gasteiger partial charge on any atom is 0.494 e. The van der Waals surface area contributed by atoms with Crippen LogP contribution in [-0.4, -0.2) is 89.7 Å². The number of aliphatic imine (C=N–C) groups is 1. The van der Waals surface area contributed by atoms with Crippen LogP contribution in [0, 0.1) is 0 Å². The average molecular weight is 945 g/mol. The quantitative estimate of drug-likeness (QED) is 0.0750. The first-order chi connectivity index (χ1) is 30.5. The Bertz CT molecular complexity index is 2590. The summed E-state index contributed by atoms with van der Waals surface area (Å²) in [6.07, 6.45) is 3.94. The second-order valence-corrected chi connectivity index (χ2v) is 21.6. The molecule has 0 bridgehead atoms. The summed E-state index contributed by atoms with van der Waals surface area (Å²) >= 11 is 0. The van der Waals surface area contributed by atoms with Crippen LogP contribution < -0.4 is 26.1 Å². The van der Waals surface area contributed by atoms with Gasteiger partial charge in [-0.3, -0.25) is 23.8 Å². The number of sulfonamides is 2. The molecule has 4 aromatic rings. The minimum atomic E-state index is -3.57. The van der Waals surface area contributed by atoms with Gasteiger partial charge in [-0.2, -0.15) is 4.99 Å². The number of isocyanates is 1. The van der Waals surface area contributed by atoms with E-state index in [4.69, 9.17) is 24.4 Å². The maximum atomic E-state index is 12.5. The Labute approximate surface area is 388 Å². The highest BCUT2D eigenvalue weighted by atomic mass is 32.2. The molecule has 0 aromatic heterocycles. The van der Waals surface area contributed by atoms with Gasteiger partial charge in [-0.25, -0.2) is 21.6 Å². The largest absolute Gasteiger partial charge is 0.494 e. The highest BCUT2D eigenvalue weighted by Crippen LogP contribution is 2.37. The number of nitrogens with zero attached hydrogens (tertiary/aromatic N) is 1. The molecule has 0 atom stereocenters. The molecule has 4 aromatic carbocycles. The summed E-state index contributed by atoms with van der Waals surface area (Å²) in [7, 11) is -7.87. The first-order valence-electron chi connectivity index (χ1n) is 20.9. The molecule has 0 spiro atoms. The second kappa shape index (κ2) is 21.4. The molecule has 2 aliphatic rings. The Balaban J connectivity index is 0.000000242. The van der Waals surface area contributed by atoms with Crippen molar-refractivity contribution in [3.63, 3.8) is 0 Å². The Morgan fingerprint density at radius 2 is 0.818 bits per heavy atom. The normalized spacial score (nSPS) is 16.6. The van der Waals surface area contributed by atoms with Crippen LogP contribution in [0.2, 0.25) is 0 Å². The number of nitrogens with one attached hydrogen (secondary N) is 2. The fourth-order valence-corrected chi connectivity index (χ4v) is 7.27. The third-order valence-corrected chi connectivity index (χ3v) is 12.4. The van der Waals surface area contributed by atoms with Crippen molar-refractivity contribution in [1.29, 1.82) is 0 Å². The van der Waals surface area contributed by atoms with E-state index in [-0.39, 0.29) is 43.4 Å². The van der Waals surface area contributed by atoms with Crippen molar-refractivity contribution < 1.29 is 54.6 Å². The summed E-state index contributed by atoms with van der Waals surface area (Å²) < 4.78 is 71.5. The predicted octanol–water partition coefficient (Wildman–Crippen LogP) is 3.80. The number of benzene rings is 4. The SMILES string of the molecule is CC1(C)OB(c2ccc(CC(=O)Cc3ccc(CC(=O)NS(C)(=O)=O)cc3)cc2)OC1(C)C.CC1(C)OB(c2ccc(N=C=O)cc2)OC1(C)C.CS(=O)(=O)NC(=O)Cc1ccc(N)cc1. The number of hydrogen-bond acceptors (Lipinski definition) is 14. The Hall–Kier alpha value is -5.46. The van der Waals surface area contributed by atoms with Crippen LogP contribution in [-0.2, 0) is 83.5 Å². The highest BCUT2D eigenvalue weighted by Gasteiger charge is 2.52. The number of ketones is 1. The fourth-order valence-electron chi connectivity index (χ4n) is 6.29. The molecule has 2 heterocycles. The van der Waals surface area contributed by atoms with Gasteiger partial charge in [0.15, 0.2) is 0 Å². The number of amides is 2. The number of Topliss-reactive ketones (excluding diaryl/α,β-unsaturated/α-hetero) is 1. The minimum absolute atomic E-state index is 0.0212. The van der Waals surface area contributed by atoms with Crippen molar-refractivity contribution in [3.05, 3.63) is 119 Å². The van der Waals surface area contributed by atoms with E-state index in [1.807, 2.05) is 101 Å². The van der Waals surface area contributed by atoms with Crippen molar-refractivity contribution in [2.45, 2.75) is 103 Å². The summed E-state index contributed by atoms with van der Waals surface area (Å²) in [5, 5.41) is 0. The Morgan fingerprint density at radius 1 is 0.530 bits per heavy atom. The number of hydrogen-bond donors (Lipinski definition) is 3. The van der Waals surface area contributed by atoms with Gasteiger partial charge in [0, 0.05) is 18.5 Å². The van der Waals surface area contributed by atoms with Gasteiger partial charge >= 0.3 is 14.2 Å². The molecule has 0 aliphatic carbocycles. The van der Waals surface area contributed by atoms with Crippen LogP contribution in [0.3, 0.4) is 0 Å². The third-order valence-electron chi connectivity index (χ3n) is 11.2. The lowest BCUT2D eigenvalue weighted by Gasteiger charge is -2.32. The van der Waals surface area contributed by atoms with Crippen LogP contribution >= 0.6 is 0 Å². The van der Waals surface area contributed by atoms with Gasteiger partial charge in [-0.15, -0.1) is 0 Å². The van der Waals surface area contributed by atoms with Crippen molar-refractivity contribution in [2.24, 2.45) is 4.99 Å². The Kier molecular flexibility index (Phi) is 17.3. The standard InChI is InChI=1S/C24H30BNO6S.C13H16BNO3.C9H12N2O3S/c1-23(2)24(3,4)32-25(31-23)20-12-10-18(11-13-20)15-21(27)14-17-6-8-19(9-7-17)16-22(28)26-33(5,29)30;1-12(2)13(3,4)18-14(17-12)10-5-7-11(8-6-10)15-9-16;1-15(13,14)11-9(12)6-7-2-4-8(10)5-3-7/h6-13H,14-16H2,1-5H3,(H,26,28);5-8H,1-4H3;2-5H,6,10H2,1H3,(H,11,12). The molecule has 4 N–H and O–H groups in total. The zero-order valence-electron chi connectivity index (χ0n) is 39.0. The number of carbonyl (C=O) groups excluding carboxylic acids is 4. The first-order valence-corrected chi connectivity index (χ1v) is 24.7. The molecule has 20 heteroatoms. The monoisotopic (exact) mass is 944 g/mol. The zero-order chi connectivity index (χ0) is 49.3. The topological polar surface area (TPSA) is 236 Å². The number of nitrogen functional groups attached to an aromatic ring is 1. The molecular formula is C46H58B2N4O12S2. The van der Waals surface area contributed by atoms with Gasteiger partial charge in [0.2, 0.25) is 37.9 Å². The number of anilines is 1. The van der Waals surface area contributed by atoms with Crippen LogP contribution in [0.5, 0.6) is 0 Å². The molecule has 2 aliphatic heterocycles. The summed E-state index contributed by atoms with van der Waals surface area (Å²) in [6.45, 7) is 16.1. The molecule has 352 valence electrons. The van der Waals surface area contributed by atoms with E-state index in [0.29, 0.717) is 28.9 Å². The Morgan fingerprint density at radius 3 is 1.14 bits per heavy atom. The fraction of sp³-hybridized carbons (Fsp3) is 0.391. The molecule has 16 nitrogen and oxygen atoms in total. The van der Waals surface area contributed by atoms with E-state index in [1.165, 1.54) is 6.08 Å². The molecule has 2 amide bonds. The number of rotatable bonds is 13. The minimum Gasteiger partial charge on any atom is -0.399 e. The molecule has 2 fully saturated rings. The van der Waals surface area contributed by atoms with Gasteiger partial charge < -0.3 is 24.4 Å². The van der Waals surface area contributed by atoms with E-state index in [0.717, 1.165) is 34.6 Å². The lowest BCUT2D eigenvalue weighted by atomic mass is 9.78. The van der Waals surface area contributed by atoms with Crippen LogP contribution in [0.1, 0.15) is 77.6 Å². The van der Waals surface area contributed by atoms with Crippen molar-refractivity contribution >= 4 is 80.3 Å². The van der Waals surface area contributed by atoms with E-state index < -0.39 is 50.2 Å². The van der Waals surface area contributed by atoms with Crippen LogP contribution in [0.25, 0.3) is 0 Å². The molecule has 66 heavy (non-hydrogen) atoms. The van der Waals surface area contributed by atoms with E-state index >= 15 is 0 Å². The number of nitrogens with two attached hydrogens (primary N) is 1. The lowest BCUT2D eigenvalue weighted by molar-refractivity contribution is -0.119. The number of carbonyl (C=O) groups is 3. The smallest absolute Gasteiger partial charge is 0.399 e. The van der Waals surface area contributed by atoms with Gasteiger partial charge in [0.05, 0.1) is 53.4 Å². The van der Waals surface area contributed by atoms with E-state index in [1.54, 1.807) is 60.7 Å². The molecule has 0 saturated carbocycles. The van der Waals surface area contributed by atoms with Gasteiger partial charge in [0.25, 0.3) is 0 Å². The first kappa shape index (κ1) is 53.2. The highest BCUT2D eigenvalue weighted by molar-refractivity contribution is 7.89. The van der Waals surface area contributed by atoms with E-state index in [9.17, 15) is 36.0 Å². The van der Waals surface area contributed by atoms with Crippen molar-refractivity contribution in [2.75, 3.05) is 18.2 Å². The summed E-state index contributed by atoms with van der Waals surface area (Å²) in [6, 6.07) is 28.6. The van der Waals surface area contributed by atoms with Crippen molar-refractivity contribution in [1.82, 2.24) is 9.44 Å². The molecule has 0 unspecified atom stereocenters. The third kappa shape index (κ3) is 16.2. The maximum absolute atomic E-state index is 12.5. The van der Waals surface area contributed by atoms with Gasteiger partial charge in [-0.05, 0) is 113 Å².